The fourth-order valence-electron chi connectivity index (χ4n) is 13.7. The van der Waals surface area contributed by atoms with Crippen molar-refractivity contribution < 1.29 is 0 Å². The summed E-state index contributed by atoms with van der Waals surface area (Å²) in [7, 11) is -1.52. The van der Waals surface area contributed by atoms with Gasteiger partial charge in [-0.1, -0.05) is 210 Å². The zero-order chi connectivity index (χ0) is 45.9. The molecule has 0 fully saturated rings. The van der Waals surface area contributed by atoms with E-state index < -0.39 is 8.07 Å². The van der Waals surface area contributed by atoms with Crippen LogP contribution in [0.25, 0.3) is 55.6 Å². The molecule has 6 aromatic rings. The molecule has 0 bridgehead atoms. The summed E-state index contributed by atoms with van der Waals surface area (Å²) >= 11 is 0. The summed E-state index contributed by atoms with van der Waals surface area (Å²) in [5.41, 5.74) is 23.7. The van der Waals surface area contributed by atoms with Crippen LogP contribution in [0.4, 0.5) is 0 Å². The molecular weight excluding hydrogens is 797 g/mol. The lowest BCUT2D eigenvalue weighted by Crippen LogP contribution is -2.39. The molecule has 6 aromatic carbocycles. The van der Waals surface area contributed by atoms with Crippen LogP contribution >= 0.6 is 0 Å². The zero-order valence-corrected chi connectivity index (χ0v) is 43.1. The fourth-order valence-corrected chi connectivity index (χ4v) is 14.8. The molecule has 0 saturated carbocycles. The molecule has 2 unspecified atom stereocenters. The van der Waals surface area contributed by atoms with E-state index in [0.29, 0.717) is 11.8 Å². The first-order chi connectivity index (χ1) is 31.3. The predicted octanol–water partition coefficient (Wildman–Crippen LogP) is 18.4. The second kappa shape index (κ2) is 17.6. The van der Waals surface area contributed by atoms with Crippen molar-refractivity contribution in [3.63, 3.8) is 0 Å². The number of hydrogen-bond donors (Lipinski definition) is 0. The van der Waals surface area contributed by atoms with Gasteiger partial charge in [0.1, 0.15) is 0 Å². The third-order valence-corrected chi connectivity index (χ3v) is 19.1. The Labute approximate surface area is 395 Å². The summed E-state index contributed by atoms with van der Waals surface area (Å²) in [6, 6.07) is 47.2. The normalized spacial score (nSPS) is 18.1. The summed E-state index contributed by atoms with van der Waals surface area (Å²) < 4.78 is 0. The van der Waals surface area contributed by atoms with E-state index >= 15 is 0 Å². The lowest BCUT2D eigenvalue weighted by molar-refractivity contribution is 0.308. The lowest BCUT2D eigenvalue weighted by Gasteiger charge is -2.37. The molecule has 0 radical (unpaired) electrons. The standard InChI is InChI=1S/C64H78Si/c1-12-32-62(33-13-2)56-21-19-18-20-50(56)51-27-22-45(36-57(51)62)46-23-28-52-53-29-24-47(38-59(53)63(34-14-3,35-15-4)58(52)37-46)48-25-30-54-55-31-26-49(65(9,10)11)40-61(55)64(60(54)39-48,41-43(7)16-5)42-44(8)17-6/h18-31,36-40,43-44H,12-17,32-35,41-42H2,1-11H3. The van der Waals surface area contributed by atoms with Crippen LogP contribution in [0.3, 0.4) is 0 Å². The van der Waals surface area contributed by atoms with Gasteiger partial charge in [0.15, 0.2) is 0 Å². The fraction of sp³-hybridized carbons (Fsp3) is 0.438. The van der Waals surface area contributed by atoms with Gasteiger partial charge in [0.2, 0.25) is 0 Å². The Kier molecular flexibility index (Phi) is 12.4. The van der Waals surface area contributed by atoms with Crippen LogP contribution in [0.2, 0.25) is 19.6 Å². The van der Waals surface area contributed by atoms with Crippen LogP contribution in [0.5, 0.6) is 0 Å². The average Bonchev–Trinajstić information content (AvgIpc) is 3.84. The van der Waals surface area contributed by atoms with Crippen LogP contribution in [-0.4, -0.2) is 8.07 Å². The Balaban J connectivity index is 1.16. The minimum atomic E-state index is -1.52. The number of rotatable bonds is 17. The van der Waals surface area contributed by atoms with Gasteiger partial charge in [-0.15, -0.1) is 0 Å². The highest BCUT2D eigenvalue weighted by Crippen LogP contribution is 2.59. The van der Waals surface area contributed by atoms with Gasteiger partial charge in [-0.05, 0) is 164 Å². The second-order valence-corrected chi connectivity index (χ2v) is 27.4. The first-order valence-electron chi connectivity index (χ1n) is 26.2. The topological polar surface area (TPSA) is 0 Å². The Morgan fingerprint density at radius 3 is 1.06 bits per heavy atom. The molecule has 2 atom stereocenters. The lowest BCUT2D eigenvalue weighted by atomic mass is 9.66. The summed E-state index contributed by atoms with van der Waals surface area (Å²) in [5.74, 6) is 1.29. The maximum absolute atomic E-state index is 2.69. The van der Waals surface area contributed by atoms with E-state index in [0.717, 1.165) is 25.7 Å². The SMILES string of the molecule is CCCC1(CCC)c2ccccc2-c2ccc(-c3ccc4c(c3)C(CCC)(CCC)c3cc(-c5ccc6c(c5)C(CC(C)CC)(CC(C)CC)c5cc([Si](C)(C)C)ccc5-6)ccc3-4)cc21. The van der Waals surface area contributed by atoms with Crippen molar-refractivity contribution in [2.24, 2.45) is 11.8 Å². The highest BCUT2D eigenvalue weighted by Gasteiger charge is 2.47. The molecule has 0 spiro atoms. The van der Waals surface area contributed by atoms with E-state index in [1.54, 1.807) is 38.6 Å². The second-order valence-electron chi connectivity index (χ2n) is 22.3. The molecule has 3 aliphatic carbocycles. The quantitative estimate of drug-likeness (QED) is 0.0801. The third kappa shape index (κ3) is 7.37. The van der Waals surface area contributed by atoms with Gasteiger partial charge in [-0.2, -0.15) is 0 Å². The van der Waals surface area contributed by atoms with Crippen molar-refractivity contribution in [3.05, 3.63) is 149 Å². The minimum Gasteiger partial charge on any atom is -0.0656 e. The molecule has 338 valence electrons. The van der Waals surface area contributed by atoms with E-state index in [2.05, 4.69) is 190 Å². The molecule has 0 heterocycles. The van der Waals surface area contributed by atoms with Gasteiger partial charge in [0.05, 0.1) is 8.07 Å². The molecular formula is C64H78Si. The highest BCUT2D eigenvalue weighted by molar-refractivity contribution is 6.88. The van der Waals surface area contributed by atoms with Crippen molar-refractivity contribution in [1.82, 2.24) is 0 Å². The van der Waals surface area contributed by atoms with Crippen molar-refractivity contribution >= 4 is 13.3 Å². The molecule has 3 aliphatic rings. The monoisotopic (exact) mass is 875 g/mol. The predicted molar refractivity (Wildman–Crippen MR) is 287 cm³/mol. The summed E-state index contributed by atoms with van der Waals surface area (Å²) in [6.07, 6.45) is 14.2. The van der Waals surface area contributed by atoms with E-state index in [-0.39, 0.29) is 16.2 Å². The van der Waals surface area contributed by atoms with Crippen LogP contribution in [0.15, 0.2) is 115 Å². The van der Waals surface area contributed by atoms with Crippen molar-refractivity contribution in [3.8, 4) is 55.6 Å². The number of fused-ring (bicyclic) bond motifs is 9. The molecule has 0 nitrogen and oxygen atoms in total. The number of benzene rings is 6. The van der Waals surface area contributed by atoms with E-state index in [9.17, 15) is 0 Å². The van der Waals surface area contributed by atoms with Gasteiger partial charge in [0.25, 0.3) is 0 Å². The summed E-state index contributed by atoms with van der Waals surface area (Å²) in [5, 5.41) is 1.59. The van der Waals surface area contributed by atoms with E-state index in [1.807, 2.05) is 0 Å². The average molecular weight is 875 g/mol. The summed E-state index contributed by atoms with van der Waals surface area (Å²) in [4.78, 5) is 0. The van der Waals surface area contributed by atoms with Gasteiger partial charge in [-0.25, -0.2) is 0 Å². The van der Waals surface area contributed by atoms with Gasteiger partial charge >= 0.3 is 0 Å². The maximum Gasteiger partial charge on any atom is 0.0776 e. The van der Waals surface area contributed by atoms with Gasteiger partial charge in [0, 0.05) is 16.2 Å². The first kappa shape index (κ1) is 45.7. The Morgan fingerprint density at radius 2 is 0.692 bits per heavy atom. The number of hydrogen-bond acceptors (Lipinski definition) is 0. The van der Waals surface area contributed by atoms with E-state index in [1.165, 1.54) is 107 Å². The molecule has 0 aromatic heterocycles. The molecule has 0 amide bonds. The molecule has 0 saturated heterocycles. The zero-order valence-electron chi connectivity index (χ0n) is 42.1. The largest absolute Gasteiger partial charge is 0.0776 e. The minimum absolute atomic E-state index is 0.0155. The smallest absolute Gasteiger partial charge is 0.0656 e. The third-order valence-electron chi connectivity index (χ3n) is 17.0. The molecule has 9 rings (SSSR count). The van der Waals surface area contributed by atoms with Crippen molar-refractivity contribution in [1.29, 1.82) is 0 Å². The Morgan fingerprint density at radius 1 is 0.369 bits per heavy atom. The molecule has 1 heteroatoms. The van der Waals surface area contributed by atoms with Crippen LogP contribution in [-0.2, 0) is 16.2 Å². The van der Waals surface area contributed by atoms with E-state index in [4.69, 9.17) is 0 Å². The summed E-state index contributed by atoms with van der Waals surface area (Å²) in [6.45, 7) is 26.9. The van der Waals surface area contributed by atoms with Crippen molar-refractivity contribution in [2.75, 3.05) is 0 Å². The first-order valence-corrected chi connectivity index (χ1v) is 29.7. The Bertz CT molecular complexity index is 2690. The van der Waals surface area contributed by atoms with Crippen LogP contribution < -0.4 is 5.19 Å². The van der Waals surface area contributed by atoms with Gasteiger partial charge in [-0.3, -0.25) is 0 Å². The molecule has 0 aliphatic heterocycles. The van der Waals surface area contributed by atoms with Crippen LogP contribution in [0.1, 0.15) is 166 Å². The Hall–Kier alpha value is -4.46. The maximum atomic E-state index is 2.69. The highest BCUT2D eigenvalue weighted by atomic mass is 28.3. The van der Waals surface area contributed by atoms with Crippen LogP contribution in [0, 0.1) is 11.8 Å². The van der Waals surface area contributed by atoms with Crippen molar-refractivity contribution in [2.45, 2.75) is 168 Å². The van der Waals surface area contributed by atoms with Gasteiger partial charge < -0.3 is 0 Å². The molecule has 65 heavy (non-hydrogen) atoms. The molecule has 0 N–H and O–H groups in total.